The van der Waals surface area contributed by atoms with E-state index in [2.05, 4.69) is 74.9 Å². The predicted molar refractivity (Wildman–Crippen MR) is 89.6 cm³/mol. The Kier molecular flexibility index (Phi) is 4.51. The zero-order chi connectivity index (χ0) is 15.1. The first-order valence-electron chi connectivity index (χ1n) is 7.18. The minimum absolute atomic E-state index is 0.206. The molecule has 1 aromatic carbocycles. The van der Waals surface area contributed by atoms with E-state index in [1.54, 1.807) is 0 Å². The molecule has 0 saturated carbocycles. The summed E-state index contributed by atoms with van der Waals surface area (Å²) >= 11 is 3.58. The first-order valence-corrected chi connectivity index (χ1v) is 10.9. The molecule has 0 bridgehead atoms. The lowest BCUT2D eigenvalue weighted by atomic mass is 10.0. The normalized spacial score (nSPS) is 22.9. The van der Waals surface area contributed by atoms with Gasteiger partial charge in [-0.15, -0.1) is 0 Å². The van der Waals surface area contributed by atoms with Gasteiger partial charge in [-0.1, -0.05) is 48.8 Å². The third-order valence-corrected chi connectivity index (χ3v) is 9.97. The van der Waals surface area contributed by atoms with Gasteiger partial charge in [-0.25, -0.2) is 0 Å². The summed E-state index contributed by atoms with van der Waals surface area (Å²) in [5.74, 6) is 0. The molecule has 20 heavy (non-hydrogen) atoms. The Bertz CT molecular complexity index is 494. The molecule has 1 fully saturated rings. The second-order valence-corrected chi connectivity index (χ2v) is 12.8. The first kappa shape index (κ1) is 16.2. The van der Waals surface area contributed by atoms with E-state index in [0.29, 0.717) is 6.61 Å². The topological polar surface area (TPSA) is 21.8 Å². The van der Waals surface area contributed by atoms with E-state index >= 15 is 0 Å². The molecule has 0 aliphatic carbocycles. The van der Waals surface area contributed by atoms with E-state index < -0.39 is 8.32 Å². The number of hydrogen-bond acceptors (Lipinski definition) is 2. The molecule has 2 rings (SSSR count). The second kappa shape index (κ2) is 5.56. The molecule has 1 aromatic rings. The summed E-state index contributed by atoms with van der Waals surface area (Å²) in [5, 5.41) is 0.253. The van der Waals surface area contributed by atoms with Gasteiger partial charge in [-0.05, 0) is 42.2 Å². The highest BCUT2D eigenvalue weighted by molar-refractivity contribution is 9.10. The van der Waals surface area contributed by atoms with E-state index in [1.807, 2.05) is 0 Å². The molecule has 1 aliphatic heterocycles. The maximum absolute atomic E-state index is 6.24. The van der Waals surface area contributed by atoms with Crippen molar-refractivity contribution >= 4 is 24.2 Å². The molecule has 2 nitrogen and oxygen atoms in total. The quantitative estimate of drug-likeness (QED) is 0.544. The number of benzene rings is 1. The number of halogens is 1. The average Bonchev–Trinajstić information content (AvgIpc) is 3.08. The van der Waals surface area contributed by atoms with Crippen LogP contribution in [0.4, 0.5) is 0 Å². The lowest BCUT2D eigenvalue weighted by molar-refractivity contribution is 0.241. The Balaban J connectivity index is 1.95. The summed E-state index contributed by atoms with van der Waals surface area (Å²) in [6, 6.07) is 6.29. The minimum Gasteiger partial charge on any atom is -0.414 e. The van der Waals surface area contributed by atoms with E-state index in [-0.39, 0.29) is 17.2 Å². The molecular weight excluding hydrogens is 332 g/mol. The summed E-state index contributed by atoms with van der Waals surface area (Å²) in [4.78, 5) is 0. The molecular formula is C16H25BrO2Si. The molecule has 0 amide bonds. The number of hydrogen-bond donors (Lipinski definition) is 0. The van der Waals surface area contributed by atoms with Crippen LogP contribution < -0.4 is 0 Å². The maximum atomic E-state index is 6.24. The van der Waals surface area contributed by atoms with Gasteiger partial charge in [0.1, 0.15) is 12.2 Å². The molecule has 0 unspecified atom stereocenters. The van der Waals surface area contributed by atoms with Crippen molar-refractivity contribution < 1.29 is 9.16 Å². The van der Waals surface area contributed by atoms with Crippen molar-refractivity contribution in [1.82, 2.24) is 0 Å². The van der Waals surface area contributed by atoms with Gasteiger partial charge < -0.3 is 9.16 Å². The van der Waals surface area contributed by atoms with Crippen LogP contribution in [0.5, 0.6) is 0 Å². The van der Waals surface area contributed by atoms with Crippen LogP contribution in [0.3, 0.4) is 0 Å². The Morgan fingerprint density at radius 2 is 1.95 bits per heavy atom. The summed E-state index contributed by atoms with van der Waals surface area (Å²) in [5.41, 5.74) is 2.55. The van der Waals surface area contributed by atoms with Crippen molar-refractivity contribution in [2.45, 2.75) is 58.0 Å². The summed E-state index contributed by atoms with van der Waals surface area (Å²) in [6.45, 7) is 14.2. The van der Waals surface area contributed by atoms with Crippen molar-refractivity contribution in [3.8, 4) is 0 Å². The van der Waals surface area contributed by atoms with Crippen LogP contribution in [0, 0.1) is 6.92 Å². The molecule has 0 spiro atoms. The van der Waals surface area contributed by atoms with Crippen molar-refractivity contribution in [3.63, 3.8) is 0 Å². The highest BCUT2D eigenvalue weighted by atomic mass is 79.9. The summed E-state index contributed by atoms with van der Waals surface area (Å²) in [6.07, 6.45) is 0.425. The SMILES string of the molecule is Cc1c(Br)cccc1[C@H]1O[C@@H]1CO[Si](C)(C)C(C)(C)C. The van der Waals surface area contributed by atoms with Gasteiger partial charge >= 0.3 is 0 Å². The van der Waals surface area contributed by atoms with Gasteiger partial charge in [-0.2, -0.15) is 0 Å². The van der Waals surface area contributed by atoms with Crippen molar-refractivity contribution in [3.05, 3.63) is 33.8 Å². The molecule has 4 heteroatoms. The van der Waals surface area contributed by atoms with Crippen molar-refractivity contribution in [2.75, 3.05) is 6.61 Å². The standard InChI is InChI=1S/C16H25BrO2Si/c1-11-12(8-7-9-13(11)17)15-14(19-15)10-18-20(5,6)16(2,3)4/h7-9,14-15H,10H2,1-6H3/t14-,15-/m1/s1. The smallest absolute Gasteiger partial charge is 0.192 e. The largest absolute Gasteiger partial charge is 0.414 e. The fourth-order valence-corrected chi connectivity index (χ4v) is 3.38. The van der Waals surface area contributed by atoms with Crippen LogP contribution in [-0.4, -0.2) is 21.0 Å². The number of ether oxygens (including phenoxy) is 1. The highest BCUT2D eigenvalue weighted by Crippen LogP contribution is 2.43. The maximum Gasteiger partial charge on any atom is 0.192 e. The molecule has 1 aliphatic rings. The monoisotopic (exact) mass is 356 g/mol. The van der Waals surface area contributed by atoms with E-state index in [4.69, 9.17) is 9.16 Å². The van der Waals surface area contributed by atoms with E-state index in [1.165, 1.54) is 11.1 Å². The lowest BCUT2D eigenvalue weighted by Gasteiger charge is -2.36. The predicted octanol–water partition coefficient (Wildman–Crippen LogP) is 5.22. The molecule has 2 atom stereocenters. The Morgan fingerprint density at radius 1 is 1.30 bits per heavy atom. The van der Waals surface area contributed by atoms with Crippen molar-refractivity contribution in [2.24, 2.45) is 0 Å². The van der Waals surface area contributed by atoms with Crippen LogP contribution in [0.15, 0.2) is 22.7 Å². The Labute approximate surface area is 132 Å². The third kappa shape index (κ3) is 3.35. The van der Waals surface area contributed by atoms with Crippen LogP contribution in [0.2, 0.25) is 18.1 Å². The Hall–Kier alpha value is -0.163. The van der Waals surface area contributed by atoms with E-state index in [9.17, 15) is 0 Å². The third-order valence-electron chi connectivity index (χ3n) is 4.61. The molecule has 1 saturated heterocycles. The molecule has 1 heterocycles. The van der Waals surface area contributed by atoms with Gasteiger partial charge in [0.2, 0.25) is 0 Å². The second-order valence-electron chi connectivity index (χ2n) is 7.12. The fraction of sp³-hybridized carbons (Fsp3) is 0.625. The molecule has 112 valence electrons. The van der Waals surface area contributed by atoms with Gasteiger partial charge in [0.25, 0.3) is 0 Å². The van der Waals surface area contributed by atoms with Crippen LogP contribution in [-0.2, 0) is 9.16 Å². The van der Waals surface area contributed by atoms with Gasteiger partial charge in [0.15, 0.2) is 8.32 Å². The fourth-order valence-electron chi connectivity index (χ4n) is 1.98. The summed E-state index contributed by atoms with van der Waals surface area (Å²) < 4.78 is 13.2. The van der Waals surface area contributed by atoms with Crippen LogP contribution in [0.1, 0.15) is 38.0 Å². The van der Waals surface area contributed by atoms with Crippen LogP contribution in [0.25, 0.3) is 0 Å². The lowest BCUT2D eigenvalue weighted by Crippen LogP contribution is -2.41. The molecule has 0 radical (unpaired) electrons. The first-order chi connectivity index (χ1) is 9.13. The van der Waals surface area contributed by atoms with Crippen LogP contribution >= 0.6 is 15.9 Å². The van der Waals surface area contributed by atoms with Gasteiger partial charge in [0, 0.05) is 4.47 Å². The highest BCUT2D eigenvalue weighted by Gasteiger charge is 2.44. The number of epoxide rings is 1. The zero-order valence-corrected chi connectivity index (χ0v) is 15.9. The minimum atomic E-state index is -1.67. The van der Waals surface area contributed by atoms with E-state index in [0.717, 1.165) is 4.47 Å². The van der Waals surface area contributed by atoms with Gasteiger partial charge in [0.05, 0.1) is 6.61 Å². The molecule has 0 aromatic heterocycles. The zero-order valence-electron chi connectivity index (χ0n) is 13.3. The molecule has 0 N–H and O–H groups in total. The van der Waals surface area contributed by atoms with Crippen molar-refractivity contribution in [1.29, 1.82) is 0 Å². The number of rotatable bonds is 4. The Morgan fingerprint density at radius 3 is 2.55 bits per heavy atom. The average molecular weight is 357 g/mol. The summed E-state index contributed by atoms with van der Waals surface area (Å²) in [7, 11) is -1.67. The van der Waals surface area contributed by atoms with Gasteiger partial charge in [-0.3, -0.25) is 0 Å².